The van der Waals surface area contributed by atoms with Gasteiger partial charge in [-0.15, -0.1) is 11.6 Å². The summed E-state index contributed by atoms with van der Waals surface area (Å²) in [5.41, 5.74) is 7.31. The second kappa shape index (κ2) is 6.72. The number of hydrogen-bond donors (Lipinski definition) is 1. The van der Waals surface area contributed by atoms with Crippen LogP contribution in [0, 0.1) is 0 Å². The van der Waals surface area contributed by atoms with Crippen molar-refractivity contribution in [2.45, 2.75) is 13.8 Å². The number of hydrogen-bond acceptors (Lipinski definition) is 2. The van der Waals surface area contributed by atoms with Gasteiger partial charge < -0.3 is 10.6 Å². The smallest absolute Gasteiger partial charge is 0.115 e. The Bertz CT molecular complexity index is 401. The fourth-order valence-corrected chi connectivity index (χ4v) is 1.94. The molecule has 0 aliphatic carbocycles. The SMILES string of the molecule is CCN(CC)c1ccc(N=C(N)CCl)cc1Cl. The lowest BCUT2D eigenvalue weighted by molar-refractivity contribution is 0.866. The largest absolute Gasteiger partial charge is 0.386 e. The highest BCUT2D eigenvalue weighted by Crippen LogP contribution is 2.29. The first kappa shape index (κ1) is 14.1. The Morgan fingerprint density at radius 2 is 2.00 bits per heavy atom. The van der Waals surface area contributed by atoms with Crippen LogP contribution in [0.2, 0.25) is 5.02 Å². The van der Waals surface area contributed by atoms with Gasteiger partial charge in [0.25, 0.3) is 0 Å². The number of nitrogens with two attached hydrogens (primary N) is 1. The molecule has 0 saturated carbocycles. The van der Waals surface area contributed by atoms with Crippen molar-refractivity contribution >= 4 is 40.4 Å². The Morgan fingerprint density at radius 1 is 1.35 bits per heavy atom. The number of rotatable bonds is 5. The Labute approximate surface area is 112 Å². The third kappa shape index (κ3) is 3.79. The van der Waals surface area contributed by atoms with E-state index in [9.17, 15) is 0 Å². The molecule has 3 nitrogen and oxygen atoms in total. The zero-order chi connectivity index (χ0) is 12.8. The summed E-state index contributed by atoms with van der Waals surface area (Å²) < 4.78 is 0. The average Bonchev–Trinajstić information content (AvgIpc) is 2.33. The van der Waals surface area contributed by atoms with Gasteiger partial charge in [-0.25, -0.2) is 4.99 Å². The number of amidine groups is 1. The maximum Gasteiger partial charge on any atom is 0.115 e. The van der Waals surface area contributed by atoms with E-state index in [2.05, 4.69) is 23.7 Å². The van der Waals surface area contributed by atoms with Crippen molar-refractivity contribution in [1.29, 1.82) is 0 Å². The van der Waals surface area contributed by atoms with Crippen LogP contribution in [0.5, 0.6) is 0 Å². The summed E-state index contributed by atoms with van der Waals surface area (Å²) >= 11 is 11.8. The second-order valence-electron chi connectivity index (χ2n) is 3.54. The summed E-state index contributed by atoms with van der Waals surface area (Å²) in [5.74, 6) is 0.605. The highest BCUT2D eigenvalue weighted by atomic mass is 35.5. The van der Waals surface area contributed by atoms with E-state index in [0.717, 1.165) is 24.5 Å². The van der Waals surface area contributed by atoms with Gasteiger partial charge in [0.2, 0.25) is 0 Å². The molecule has 17 heavy (non-hydrogen) atoms. The van der Waals surface area contributed by atoms with E-state index >= 15 is 0 Å². The fourth-order valence-electron chi connectivity index (χ4n) is 1.58. The molecule has 0 radical (unpaired) electrons. The number of alkyl halides is 1. The maximum absolute atomic E-state index is 6.22. The summed E-state index contributed by atoms with van der Waals surface area (Å²) in [6.45, 7) is 6.03. The molecule has 0 bridgehead atoms. The molecule has 5 heteroatoms. The van der Waals surface area contributed by atoms with Gasteiger partial charge in [-0.1, -0.05) is 11.6 Å². The van der Waals surface area contributed by atoms with E-state index in [1.807, 2.05) is 12.1 Å². The number of anilines is 1. The molecule has 2 N–H and O–H groups in total. The van der Waals surface area contributed by atoms with E-state index in [-0.39, 0.29) is 5.88 Å². The van der Waals surface area contributed by atoms with Crippen LogP contribution in [-0.2, 0) is 0 Å². The Hall–Kier alpha value is -0.930. The monoisotopic (exact) mass is 273 g/mol. The molecule has 0 unspecified atom stereocenters. The summed E-state index contributed by atoms with van der Waals surface area (Å²) in [6.07, 6.45) is 0. The normalized spacial score (nSPS) is 11.6. The minimum atomic E-state index is 0.218. The quantitative estimate of drug-likeness (QED) is 0.508. The van der Waals surface area contributed by atoms with Crippen molar-refractivity contribution in [3.8, 4) is 0 Å². The van der Waals surface area contributed by atoms with Gasteiger partial charge in [0.05, 0.1) is 22.3 Å². The predicted molar refractivity (Wildman–Crippen MR) is 77.0 cm³/mol. The minimum Gasteiger partial charge on any atom is -0.386 e. The molecule has 0 aliphatic heterocycles. The second-order valence-corrected chi connectivity index (χ2v) is 4.22. The zero-order valence-corrected chi connectivity index (χ0v) is 11.6. The highest BCUT2D eigenvalue weighted by molar-refractivity contribution is 6.33. The molecule has 0 aromatic heterocycles. The molecule has 0 amide bonds. The molecule has 94 valence electrons. The minimum absolute atomic E-state index is 0.218. The van der Waals surface area contributed by atoms with Crippen LogP contribution in [0.4, 0.5) is 11.4 Å². The average molecular weight is 274 g/mol. The van der Waals surface area contributed by atoms with Crippen LogP contribution >= 0.6 is 23.2 Å². The van der Waals surface area contributed by atoms with Crippen LogP contribution in [0.3, 0.4) is 0 Å². The lowest BCUT2D eigenvalue weighted by Crippen LogP contribution is -2.21. The molecule has 0 atom stereocenters. The van der Waals surface area contributed by atoms with Crippen molar-refractivity contribution < 1.29 is 0 Å². The Kier molecular flexibility index (Phi) is 5.59. The molecule has 1 rings (SSSR count). The maximum atomic E-state index is 6.22. The first-order chi connectivity index (χ1) is 8.12. The summed E-state index contributed by atoms with van der Waals surface area (Å²) in [7, 11) is 0. The number of nitrogens with zero attached hydrogens (tertiary/aromatic N) is 2. The van der Waals surface area contributed by atoms with Crippen LogP contribution in [-0.4, -0.2) is 24.8 Å². The molecule has 1 aromatic carbocycles. The van der Waals surface area contributed by atoms with Gasteiger partial charge in [0.15, 0.2) is 0 Å². The van der Waals surface area contributed by atoms with Crippen LogP contribution in [0.1, 0.15) is 13.8 Å². The lowest BCUT2D eigenvalue weighted by atomic mass is 10.2. The Morgan fingerprint density at radius 3 is 2.47 bits per heavy atom. The van der Waals surface area contributed by atoms with Crippen molar-refractivity contribution in [3.63, 3.8) is 0 Å². The number of aliphatic imine (C=N–C) groups is 1. The molecule has 0 saturated heterocycles. The first-order valence-electron chi connectivity index (χ1n) is 5.55. The summed E-state index contributed by atoms with van der Waals surface area (Å²) in [5, 5.41) is 0.678. The predicted octanol–water partition coefficient (Wildman–Crippen LogP) is 3.41. The van der Waals surface area contributed by atoms with Gasteiger partial charge in [-0.05, 0) is 32.0 Å². The van der Waals surface area contributed by atoms with Gasteiger partial charge >= 0.3 is 0 Å². The van der Waals surface area contributed by atoms with Crippen molar-refractivity contribution in [2.24, 2.45) is 10.7 Å². The van der Waals surface area contributed by atoms with Gasteiger partial charge in [-0.2, -0.15) is 0 Å². The Balaban J connectivity index is 3.01. The first-order valence-corrected chi connectivity index (χ1v) is 6.47. The van der Waals surface area contributed by atoms with E-state index in [1.165, 1.54) is 0 Å². The van der Waals surface area contributed by atoms with Crippen molar-refractivity contribution in [1.82, 2.24) is 0 Å². The molecule has 1 aromatic rings. The van der Waals surface area contributed by atoms with E-state index in [1.54, 1.807) is 6.07 Å². The molecule has 0 fully saturated rings. The lowest BCUT2D eigenvalue weighted by Gasteiger charge is -2.22. The third-order valence-electron chi connectivity index (χ3n) is 2.45. The van der Waals surface area contributed by atoms with E-state index in [0.29, 0.717) is 10.9 Å². The van der Waals surface area contributed by atoms with E-state index < -0.39 is 0 Å². The summed E-state index contributed by atoms with van der Waals surface area (Å²) in [6, 6.07) is 5.64. The molecule has 0 heterocycles. The number of halogens is 2. The topological polar surface area (TPSA) is 41.6 Å². The molecular formula is C12H17Cl2N3. The summed E-state index contributed by atoms with van der Waals surface area (Å²) in [4.78, 5) is 6.33. The number of benzene rings is 1. The molecular weight excluding hydrogens is 257 g/mol. The van der Waals surface area contributed by atoms with Crippen LogP contribution in [0.15, 0.2) is 23.2 Å². The standard InChI is InChI=1S/C12H17Cl2N3/c1-3-17(4-2)11-6-5-9(7-10(11)14)16-12(15)8-13/h5-7H,3-4,8H2,1-2H3,(H2,15,16). The highest BCUT2D eigenvalue weighted by Gasteiger charge is 2.07. The molecule has 0 aliphatic rings. The van der Waals surface area contributed by atoms with Crippen molar-refractivity contribution in [2.75, 3.05) is 23.9 Å². The van der Waals surface area contributed by atoms with E-state index in [4.69, 9.17) is 28.9 Å². The zero-order valence-electron chi connectivity index (χ0n) is 10.1. The van der Waals surface area contributed by atoms with Gasteiger partial charge in [0, 0.05) is 13.1 Å². The van der Waals surface area contributed by atoms with Gasteiger partial charge in [0.1, 0.15) is 5.84 Å². The third-order valence-corrected chi connectivity index (χ3v) is 3.02. The molecule has 0 spiro atoms. The van der Waals surface area contributed by atoms with Crippen molar-refractivity contribution in [3.05, 3.63) is 23.2 Å². The van der Waals surface area contributed by atoms with Crippen LogP contribution in [0.25, 0.3) is 0 Å². The van der Waals surface area contributed by atoms with Crippen LogP contribution < -0.4 is 10.6 Å². The van der Waals surface area contributed by atoms with Gasteiger partial charge in [-0.3, -0.25) is 0 Å². The fraction of sp³-hybridized carbons (Fsp3) is 0.417.